The van der Waals surface area contributed by atoms with E-state index in [4.69, 9.17) is 9.47 Å². The number of sulfonamides is 1. The number of anilines is 1. The van der Waals surface area contributed by atoms with E-state index in [2.05, 4.69) is 14.9 Å². The van der Waals surface area contributed by atoms with Crippen molar-refractivity contribution in [3.8, 4) is 0 Å². The van der Waals surface area contributed by atoms with E-state index >= 15 is 0 Å². The molecule has 4 aromatic rings. The number of benzene rings is 4. The second kappa shape index (κ2) is 16.2. The van der Waals surface area contributed by atoms with Crippen LogP contribution < -0.4 is 10.0 Å². The molecule has 0 aliphatic carbocycles. The van der Waals surface area contributed by atoms with Gasteiger partial charge < -0.3 is 24.8 Å². The molecule has 6 rings (SSSR count). The molecule has 0 aromatic heterocycles. The van der Waals surface area contributed by atoms with Crippen LogP contribution in [0.25, 0.3) is 0 Å². The average molecular weight is 684 g/mol. The second-order valence-corrected chi connectivity index (χ2v) is 14.7. The minimum Gasteiger partial charge on any atom is -0.392 e. The van der Waals surface area contributed by atoms with E-state index in [1.807, 2.05) is 79.7 Å². The Kier molecular flexibility index (Phi) is 11.6. The summed E-state index contributed by atoms with van der Waals surface area (Å²) < 4.78 is 42.5. The second-order valence-electron chi connectivity index (χ2n) is 13.0. The Labute approximate surface area is 289 Å². The number of likely N-dealkylation sites (tertiary alicyclic amines) is 1. The SMILES string of the molecule is Cc1ccc(S(=O)(=O)N[C@H](Cc2ccccc2)C(=O)Nc2cccc([C@@H]3O[C@H](CN4CCCCC4)C[C@H](c4ccc(CO)cc4)O3)c2)cc1. The fourth-order valence-corrected chi connectivity index (χ4v) is 7.66. The smallest absolute Gasteiger partial charge is 0.242 e. The first kappa shape index (κ1) is 34.9. The van der Waals surface area contributed by atoms with Gasteiger partial charge in [0.05, 0.1) is 23.7 Å². The van der Waals surface area contributed by atoms with Crippen molar-refractivity contribution >= 4 is 21.6 Å². The lowest BCUT2D eigenvalue weighted by Gasteiger charge is -2.39. The number of carbonyl (C=O) groups is 1. The Balaban J connectivity index is 1.21. The summed E-state index contributed by atoms with van der Waals surface area (Å²) in [5.41, 5.74) is 4.87. The predicted octanol–water partition coefficient (Wildman–Crippen LogP) is 6.05. The molecule has 0 unspecified atom stereocenters. The maximum atomic E-state index is 13.8. The van der Waals surface area contributed by atoms with Gasteiger partial charge in [-0.25, -0.2) is 8.42 Å². The zero-order valence-corrected chi connectivity index (χ0v) is 28.6. The maximum absolute atomic E-state index is 13.8. The standard InChI is InChI=1S/C39H45N3O6S/c1-28-13-19-35(20-14-28)49(45,46)41-36(23-29-9-4-2-5-10-29)38(44)40-33-12-8-11-32(24-33)39-47-34(26-42-21-6-3-7-22-42)25-37(48-39)31-17-15-30(27-43)16-18-31/h2,4-5,8-20,24,34,36-37,39,41,43H,3,6-7,21-23,25-27H2,1H3,(H,40,44)/t34-,36+,37+,39+/m0/s1. The van der Waals surface area contributed by atoms with Crippen LogP contribution in [0.1, 0.15) is 65.9 Å². The van der Waals surface area contributed by atoms with E-state index < -0.39 is 28.3 Å². The minimum atomic E-state index is -3.98. The lowest BCUT2D eigenvalue weighted by Crippen LogP contribution is -2.45. The molecule has 2 aliphatic rings. The Bertz CT molecular complexity index is 1780. The zero-order chi connectivity index (χ0) is 34.2. The molecule has 10 heteroatoms. The fourth-order valence-electron chi connectivity index (χ4n) is 6.47. The summed E-state index contributed by atoms with van der Waals surface area (Å²) in [6.45, 7) is 4.79. The van der Waals surface area contributed by atoms with Crippen molar-refractivity contribution in [2.75, 3.05) is 25.0 Å². The third-order valence-corrected chi connectivity index (χ3v) is 10.7. The Morgan fingerprint density at radius 1 is 0.857 bits per heavy atom. The highest BCUT2D eigenvalue weighted by molar-refractivity contribution is 7.89. The van der Waals surface area contributed by atoms with Crippen molar-refractivity contribution in [3.63, 3.8) is 0 Å². The minimum absolute atomic E-state index is 0.0206. The van der Waals surface area contributed by atoms with Crippen molar-refractivity contribution in [2.45, 2.75) is 75.1 Å². The fraction of sp³-hybridized carbons (Fsp3) is 0.359. The van der Waals surface area contributed by atoms with Gasteiger partial charge in [-0.05, 0) is 80.2 Å². The first-order chi connectivity index (χ1) is 23.8. The Morgan fingerprint density at radius 2 is 1.59 bits per heavy atom. The van der Waals surface area contributed by atoms with Crippen LogP contribution in [0.3, 0.4) is 0 Å². The summed E-state index contributed by atoms with van der Waals surface area (Å²) in [7, 11) is -3.98. The van der Waals surface area contributed by atoms with E-state index in [0.29, 0.717) is 12.1 Å². The molecule has 2 heterocycles. The number of ether oxygens (including phenoxy) is 2. The van der Waals surface area contributed by atoms with E-state index in [0.717, 1.165) is 47.5 Å². The lowest BCUT2D eigenvalue weighted by molar-refractivity contribution is -0.253. The number of rotatable bonds is 12. The number of hydrogen-bond acceptors (Lipinski definition) is 7. The molecule has 4 atom stereocenters. The normalized spacial score (nSPS) is 20.8. The number of carbonyl (C=O) groups excluding carboxylic acids is 1. The quantitative estimate of drug-likeness (QED) is 0.167. The van der Waals surface area contributed by atoms with Crippen LogP contribution >= 0.6 is 0 Å². The number of aliphatic hydroxyl groups excluding tert-OH is 1. The number of amides is 1. The molecule has 4 aromatic carbocycles. The molecule has 0 radical (unpaired) electrons. The van der Waals surface area contributed by atoms with Gasteiger partial charge >= 0.3 is 0 Å². The highest BCUT2D eigenvalue weighted by atomic mass is 32.2. The van der Waals surface area contributed by atoms with Gasteiger partial charge in [-0.3, -0.25) is 4.79 Å². The van der Waals surface area contributed by atoms with Crippen LogP contribution in [0.2, 0.25) is 0 Å². The number of piperidine rings is 1. The van der Waals surface area contributed by atoms with Crippen LogP contribution in [0.15, 0.2) is 108 Å². The molecule has 2 saturated heterocycles. The molecule has 0 bridgehead atoms. The monoisotopic (exact) mass is 683 g/mol. The van der Waals surface area contributed by atoms with Crippen molar-refractivity contribution in [1.29, 1.82) is 0 Å². The van der Waals surface area contributed by atoms with Crippen LogP contribution in [0.4, 0.5) is 5.69 Å². The van der Waals surface area contributed by atoms with E-state index in [1.54, 1.807) is 18.2 Å². The molecule has 1 amide bonds. The molecule has 0 saturated carbocycles. The first-order valence-corrected chi connectivity index (χ1v) is 18.5. The van der Waals surface area contributed by atoms with Gasteiger partial charge in [0.1, 0.15) is 6.04 Å². The largest absolute Gasteiger partial charge is 0.392 e. The van der Waals surface area contributed by atoms with Crippen LogP contribution in [0.5, 0.6) is 0 Å². The molecular weight excluding hydrogens is 639 g/mol. The third-order valence-electron chi connectivity index (χ3n) is 9.18. The van der Waals surface area contributed by atoms with Gasteiger partial charge in [0, 0.05) is 24.2 Å². The van der Waals surface area contributed by atoms with Gasteiger partial charge in [-0.15, -0.1) is 0 Å². The van der Waals surface area contributed by atoms with Crippen LogP contribution in [-0.2, 0) is 37.3 Å². The van der Waals surface area contributed by atoms with Crippen molar-refractivity contribution in [1.82, 2.24) is 9.62 Å². The number of aliphatic hydroxyl groups is 1. The Hall–Kier alpha value is -3.90. The van der Waals surface area contributed by atoms with E-state index in [1.165, 1.54) is 31.4 Å². The molecule has 49 heavy (non-hydrogen) atoms. The van der Waals surface area contributed by atoms with Gasteiger partial charge in [-0.2, -0.15) is 4.72 Å². The average Bonchev–Trinajstić information content (AvgIpc) is 3.12. The number of nitrogens with zero attached hydrogens (tertiary/aromatic N) is 1. The molecule has 0 spiro atoms. The summed E-state index contributed by atoms with van der Waals surface area (Å²) in [6.07, 6.45) is 3.54. The maximum Gasteiger partial charge on any atom is 0.242 e. The van der Waals surface area contributed by atoms with Gasteiger partial charge in [-0.1, -0.05) is 90.8 Å². The molecular formula is C39H45N3O6S. The predicted molar refractivity (Wildman–Crippen MR) is 189 cm³/mol. The summed E-state index contributed by atoms with van der Waals surface area (Å²) in [6, 6.07) is 30.0. The molecule has 2 aliphatic heterocycles. The van der Waals surface area contributed by atoms with Crippen molar-refractivity contribution in [2.24, 2.45) is 0 Å². The Morgan fingerprint density at radius 3 is 2.31 bits per heavy atom. The molecule has 258 valence electrons. The topological polar surface area (TPSA) is 117 Å². The highest BCUT2D eigenvalue weighted by Gasteiger charge is 2.34. The van der Waals surface area contributed by atoms with Gasteiger partial charge in [0.15, 0.2) is 6.29 Å². The summed E-state index contributed by atoms with van der Waals surface area (Å²) in [5.74, 6) is -0.480. The molecule has 9 nitrogen and oxygen atoms in total. The lowest BCUT2D eigenvalue weighted by atomic mass is 9.99. The van der Waals surface area contributed by atoms with Crippen molar-refractivity contribution < 1.29 is 27.8 Å². The number of nitrogens with one attached hydrogen (secondary N) is 2. The number of aryl methyl sites for hydroxylation is 1. The summed E-state index contributed by atoms with van der Waals surface area (Å²) >= 11 is 0. The summed E-state index contributed by atoms with van der Waals surface area (Å²) in [5, 5.41) is 12.5. The van der Waals surface area contributed by atoms with Crippen molar-refractivity contribution in [3.05, 3.63) is 131 Å². The van der Waals surface area contributed by atoms with Crippen LogP contribution in [0, 0.1) is 6.92 Å². The van der Waals surface area contributed by atoms with Crippen LogP contribution in [-0.4, -0.2) is 56.1 Å². The van der Waals surface area contributed by atoms with Gasteiger partial charge in [0.2, 0.25) is 15.9 Å². The van der Waals surface area contributed by atoms with Gasteiger partial charge in [0.25, 0.3) is 0 Å². The third kappa shape index (κ3) is 9.42. The first-order valence-electron chi connectivity index (χ1n) is 17.0. The highest BCUT2D eigenvalue weighted by Crippen LogP contribution is 2.39. The molecule has 2 fully saturated rings. The van der Waals surface area contributed by atoms with E-state index in [9.17, 15) is 18.3 Å². The summed E-state index contributed by atoms with van der Waals surface area (Å²) in [4.78, 5) is 16.4. The number of hydrogen-bond donors (Lipinski definition) is 3. The molecule has 3 N–H and O–H groups in total. The zero-order valence-electron chi connectivity index (χ0n) is 27.8. The van der Waals surface area contributed by atoms with E-state index in [-0.39, 0.29) is 30.1 Å².